The molecule has 6 heteroatoms. The quantitative estimate of drug-likeness (QED) is 0.733. The van der Waals surface area contributed by atoms with Crippen LogP contribution in [-0.4, -0.2) is 18.4 Å². The standard InChI is InChI=1S/C14H19N3O3/c1-3-8(4-2)14(19)17-10-6-11-12(5-9(10)15)20-7-13(18)16-11/h5-6,8H,3-4,7,15H2,1-2H3,(H,16,18)(H,17,19). The zero-order valence-corrected chi connectivity index (χ0v) is 11.7. The Labute approximate surface area is 117 Å². The Bertz CT molecular complexity index is 539. The van der Waals surface area contributed by atoms with Crippen molar-refractivity contribution >= 4 is 28.9 Å². The molecule has 1 aromatic carbocycles. The molecule has 2 rings (SSSR count). The molecule has 0 aliphatic carbocycles. The van der Waals surface area contributed by atoms with Crippen LogP contribution in [0.5, 0.6) is 5.75 Å². The molecule has 0 fully saturated rings. The van der Waals surface area contributed by atoms with Crippen molar-refractivity contribution in [3.8, 4) is 5.75 Å². The second-order valence-electron chi connectivity index (χ2n) is 4.78. The van der Waals surface area contributed by atoms with Gasteiger partial charge in [0.25, 0.3) is 5.91 Å². The van der Waals surface area contributed by atoms with E-state index in [-0.39, 0.29) is 24.3 Å². The number of hydrogen-bond donors (Lipinski definition) is 3. The summed E-state index contributed by atoms with van der Waals surface area (Å²) in [6.45, 7) is 3.92. The number of nitrogens with one attached hydrogen (secondary N) is 2. The van der Waals surface area contributed by atoms with Crippen molar-refractivity contribution in [2.45, 2.75) is 26.7 Å². The monoisotopic (exact) mass is 277 g/mol. The smallest absolute Gasteiger partial charge is 0.262 e. The SMILES string of the molecule is CCC(CC)C(=O)Nc1cc2c(cc1N)OCC(=O)N2. The number of hydrogen-bond acceptors (Lipinski definition) is 4. The average molecular weight is 277 g/mol. The lowest BCUT2D eigenvalue weighted by Gasteiger charge is -2.21. The second-order valence-corrected chi connectivity index (χ2v) is 4.78. The van der Waals surface area contributed by atoms with E-state index in [4.69, 9.17) is 10.5 Å². The number of carbonyl (C=O) groups is 2. The summed E-state index contributed by atoms with van der Waals surface area (Å²) in [5, 5.41) is 5.49. The van der Waals surface area contributed by atoms with Crippen LogP contribution in [0.2, 0.25) is 0 Å². The minimum atomic E-state index is -0.223. The van der Waals surface area contributed by atoms with E-state index in [0.717, 1.165) is 12.8 Å². The van der Waals surface area contributed by atoms with Gasteiger partial charge in [-0.25, -0.2) is 0 Å². The van der Waals surface area contributed by atoms with E-state index in [0.29, 0.717) is 22.8 Å². The van der Waals surface area contributed by atoms with Gasteiger partial charge in [0.05, 0.1) is 17.1 Å². The lowest BCUT2D eigenvalue weighted by Crippen LogP contribution is -2.26. The molecule has 1 aliphatic heterocycles. The summed E-state index contributed by atoms with van der Waals surface area (Å²) in [6.07, 6.45) is 1.54. The number of ether oxygens (including phenoxy) is 1. The summed E-state index contributed by atoms with van der Waals surface area (Å²) < 4.78 is 5.26. The first-order valence-corrected chi connectivity index (χ1v) is 6.72. The summed E-state index contributed by atoms with van der Waals surface area (Å²) in [7, 11) is 0. The van der Waals surface area contributed by atoms with Gasteiger partial charge in [-0.3, -0.25) is 9.59 Å². The fraction of sp³-hybridized carbons (Fsp3) is 0.429. The second kappa shape index (κ2) is 5.81. The van der Waals surface area contributed by atoms with Crippen molar-refractivity contribution < 1.29 is 14.3 Å². The summed E-state index contributed by atoms with van der Waals surface area (Å²) in [6, 6.07) is 3.24. The molecule has 6 nitrogen and oxygen atoms in total. The molecule has 1 aromatic rings. The Hall–Kier alpha value is -2.24. The predicted octanol–water partition coefficient (Wildman–Crippen LogP) is 1.97. The van der Waals surface area contributed by atoms with Crippen molar-refractivity contribution in [2.75, 3.05) is 23.0 Å². The Kier molecular flexibility index (Phi) is 4.12. The van der Waals surface area contributed by atoms with Gasteiger partial charge in [-0.1, -0.05) is 13.8 Å². The molecule has 0 unspecified atom stereocenters. The zero-order valence-electron chi connectivity index (χ0n) is 11.7. The van der Waals surface area contributed by atoms with Crippen LogP contribution in [0.3, 0.4) is 0 Å². The van der Waals surface area contributed by atoms with E-state index in [1.165, 1.54) is 0 Å². The first-order valence-electron chi connectivity index (χ1n) is 6.72. The highest BCUT2D eigenvalue weighted by Gasteiger charge is 2.20. The molecule has 0 bridgehead atoms. The molecule has 1 heterocycles. The molecule has 0 radical (unpaired) electrons. The van der Waals surface area contributed by atoms with E-state index in [9.17, 15) is 9.59 Å². The molecule has 1 aliphatic rings. The van der Waals surface area contributed by atoms with Gasteiger partial charge in [0.15, 0.2) is 6.61 Å². The van der Waals surface area contributed by atoms with Gasteiger partial charge in [-0.15, -0.1) is 0 Å². The molecule has 20 heavy (non-hydrogen) atoms. The van der Waals surface area contributed by atoms with Crippen molar-refractivity contribution in [3.05, 3.63) is 12.1 Å². The van der Waals surface area contributed by atoms with Gasteiger partial charge < -0.3 is 21.1 Å². The highest BCUT2D eigenvalue weighted by molar-refractivity contribution is 6.00. The minimum absolute atomic E-state index is 0.0219. The highest BCUT2D eigenvalue weighted by atomic mass is 16.5. The van der Waals surface area contributed by atoms with E-state index >= 15 is 0 Å². The number of benzene rings is 1. The summed E-state index contributed by atoms with van der Waals surface area (Å²) in [5.41, 5.74) is 7.33. The lowest BCUT2D eigenvalue weighted by molar-refractivity contribution is -0.120. The summed E-state index contributed by atoms with van der Waals surface area (Å²) in [5.74, 6) is 0.183. The fourth-order valence-electron chi connectivity index (χ4n) is 2.14. The average Bonchev–Trinajstić information content (AvgIpc) is 2.41. The number of anilines is 3. The number of nitrogens with two attached hydrogens (primary N) is 1. The molecular weight excluding hydrogens is 258 g/mol. The number of carbonyl (C=O) groups excluding carboxylic acids is 2. The number of rotatable bonds is 4. The van der Waals surface area contributed by atoms with Gasteiger partial charge in [-0.2, -0.15) is 0 Å². The first-order chi connectivity index (χ1) is 9.55. The molecule has 0 atom stereocenters. The molecular formula is C14H19N3O3. The summed E-state index contributed by atoms with van der Waals surface area (Å²) >= 11 is 0. The molecule has 0 aromatic heterocycles. The molecule has 0 saturated heterocycles. The van der Waals surface area contributed by atoms with Gasteiger partial charge in [0.1, 0.15) is 5.75 Å². The largest absolute Gasteiger partial charge is 0.482 e. The van der Waals surface area contributed by atoms with Crippen LogP contribution < -0.4 is 21.1 Å². The van der Waals surface area contributed by atoms with Gasteiger partial charge in [0, 0.05) is 12.0 Å². The normalized spacial score (nSPS) is 13.4. The van der Waals surface area contributed by atoms with E-state index < -0.39 is 0 Å². The third-order valence-corrected chi connectivity index (χ3v) is 3.40. The topological polar surface area (TPSA) is 93.5 Å². The lowest BCUT2D eigenvalue weighted by atomic mass is 10.0. The number of fused-ring (bicyclic) bond motifs is 1. The minimum Gasteiger partial charge on any atom is -0.482 e. The number of nitrogen functional groups attached to an aromatic ring is 1. The van der Waals surface area contributed by atoms with Crippen LogP contribution in [0, 0.1) is 5.92 Å². The van der Waals surface area contributed by atoms with Crippen LogP contribution in [-0.2, 0) is 9.59 Å². The maximum absolute atomic E-state index is 12.1. The Morgan fingerprint density at radius 1 is 1.45 bits per heavy atom. The van der Waals surface area contributed by atoms with Gasteiger partial charge in [-0.05, 0) is 18.9 Å². The fourth-order valence-corrected chi connectivity index (χ4v) is 2.14. The van der Waals surface area contributed by atoms with Crippen molar-refractivity contribution in [1.82, 2.24) is 0 Å². The molecule has 0 spiro atoms. The molecule has 2 amide bonds. The Morgan fingerprint density at radius 2 is 2.15 bits per heavy atom. The van der Waals surface area contributed by atoms with Crippen LogP contribution in [0.1, 0.15) is 26.7 Å². The molecule has 108 valence electrons. The highest BCUT2D eigenvalue weighted by Crippen LogP contribution is 2.35. The zero-order chi connectivity index (χ0) is 14.7. The first kappa shape index (κ1) is 14.2. The van der Waals surface area contributed by atoms with Crippen LogP contribution in [0.15, 0.2) is 12.1 Å². The van der Waals surface area contributed by atoms with Crippen molar-refractivity contribution in [1.29, 1.82) is 0 Å². The summed E-state index contributed by atoms with van der Waals surface area (Å²) in [4.78, 5) is 23.4. The van der Waals surface area contributed by atoms with E-state index in [1.807, 2.05) is 13.8 Å². The Morgan fingerprint density at radius 3 is 2.80 bits per heavy atom. The van der Waals surface area contributed by atoms with Crippen LogP contribution in [0.4, 0.5) is 17.1 Å². The van der Waals surface area contributed by atoms with E-state index in [1.54, 1.807) is 12.1 Å². The number of amides is 2. The van der Waals surface area contributed by atoms with Crippen molar-refractivity contribution in [3.63, 3.8) is 0 Å². The molecule has 0 saturated carbocycles. The third-order valence-electron chi connectivity index (χ3n) is 3.40. The maximum Gasteiger partial charge on any atom is 0.262 e. The van der Waals surface area contributed by atoms with Gasteiger partial charge >= 0.3 is 0 Å². The molecule has 4 N–H and O–H groups in total. The van der Waals surface area contributed by atoms with Gasteiger partial charge in [0.2, 0.25) is 5.91 Å². The van der Waals surface area contributed by atoms with E-state index in [2.05, 4.69) is 10.6 Å². The van der Waals surface area contributed by atoms with Crippen LogP contribution in [0.25, 0.3) is 0 Å². The predicted molar refractivity (Wildman–Crippen MR) is 77.7 cm³/mol. The Balaban J connectivity index is 2.22. The maximum atomic E-state index is 12.1. The third kappa shape index (κ3) is 2.84. The van der Waals surface area contributed by atoms with Crippen LogP contribution >= 0.6 is 0 Å². The van der Waals surface area contributed by atoms with Crippen molar-refractivity contribution in [2.24, 2.45) is 5.92 Å².